The highest BCUT2D eigenvalue weighted by atomic mass is 32.2. The van der Waals surface area contributed by atoms with Crippen LogP contribution >= 0.6 is 0 Å². The topological polar surface area (TPSA) is 35.5 Å². The van der Waals surface area contributed by atoms with Crippen LogP contribution in [0.3, 0.4) is 0 Å². The van der Waals surface area contributed by atoms with Crippen LogP contribution in [0.15, 0.2) is 35.2 Å². The van der Waals surface area contributed by atoms with E-state index in [2.05, 4.69) is 24.3 Å². The van der Waals surface area contributed by atoms with Gasteiger partial charge < -0.3 is 9.47 Å². The maximum absolute atomic E-state index is 11.4. The Balaban J connectivity index is 1.80. The Morgan fingerprint density at radius 3 is 2.89 bits per heavy atom. The zero-order valence-corrected chi connectivity index (χ0v) is 11.4. The van der Waals surface area contributed by atoms with E-state index in [9.17, 15) is 4.79 Å². The minimum atomic E-state index is -0.514. The van der Waals surface area contributed by atoms with Gasteiger partial charge in [0.05, 0.1) is 6.61 Å². The third kappa shape index (κ3) is 3.67. The average Bonchev–Trinajstić information content (AvgIpc) is 2.86. The van der Waals surface area contributed by atoms with E-state index in [1.165, 1.54) is 4.90 Å². The maximum Gasteiger partial charge on any atom is 0.508 e. The van der Waals surface area contributed by atoms with Crippen LogP contribution in [0, 0.1) is 0 Å². The summed E-state index contributed by atoms with van der Waals surface area (Å²) in [7, 11) is 0.224. The van der Waals surface area contributed by atoms with Crippen LogP contribution < -0.4 is 0 Å². The maximum atomic E-state index is 11.4. The number of benzene rings is 1. The number of ether oxygens (including phenoxy) is 2. The third-order valence-electron chi connectivity index (χ3n) is 2.84. The molecule has 2 unspecified atom stereocenters. The highest BCUT2D eigenvalue weighted by Crippen LogP contribution is 2.25. The molecular formula is C14H19O3S+. The second-order valence-electron chi connectivity index (χ2n) is 4.30. The molecule has 0 N–H and O–H groups in total. The molecule has 2 rings (SSSR count). The van der Waals surface area contributed by atoms with Gasteiger partial charge in [-0.25, -0.2) is 4.79 Å². The fourth-order valence-electron chi connectivity index (χ4n) is 1.94. The van der Waals surface area contributed by atoms with Crippen molar-refractivity contribution in [3.05, 3.63) is 30.3 Å². The molecule has 1 fully saturated rings. The highest BCUT2D eigenvalue weighted by Gasteiger charge is 2.37. The zero-order chi connectivity index (χ0) is 12.8. The molecule has 4 heteroatoms. The lowest BCUT2D eigenvalue weighted by Crippen LogP contribution is -2.20. The summed E-state index contributed by atoms with van der Waals surface area (Å²) in [4.78, 5) is 12.7. The van der Waals surface area contributed by atoms with Gasteiger partial charge >= 0.3 is 6.16 Å². The molecule has 1 aromatic rings. The third-order valence-corrected chi connectivity index (χ3v) is 5.28. The first kappa shape index (κ1) is 13.3. The number of hydrogen-bond acceptors (Lipinski definition) is 3. The molecule has 18 heavy (non-hydrogen) atoms. The molecule has 3 nitrogen and oxygen atoms in total. The molecule has 1 saturated heterocycles. The molecule has 0 bridgehead atoms. The van der Waals surface area contributed by atoms with Gasteiger partial charge in [-0.2, -0.15) is 0 Å². The molecule has 0 amide bonds. The summed E-state index contributed by atoms with van der Waals surface area (Å²) in [5.74, 6) is 2.04. The summed E-state index contributed by atoms with van der Waals surface area (Å²) >= 11 is 0. The van der Waals surface area contributed by atoms with Gasteiger partial charge in [0.1, 0.15) is 5.75 Å². The molecule has 2 atom stereocenters. The first-order valence-electron chi connectivity index (χ1n) is 6.35. The van der Waals surface area contributed by atoms with Crippen LogP contribution in [0.25, 0.3) is 0 Å². The molecule has 0 saturated carbocycles. The Labute approximate surface area is 111 Å². The molecule has 0 aliphatic carbocycles. The minimum Gasteiger partial charge on any atom is -0.434 e. The van der Waals surface area contributed by atoms with Crippen LogP contribution in [-0.2, 0) is 20.4 Å². The zero-order valence-electron chi connectivity index (χ0n) is 10.6. The lowest BCUT2D eigenvalue weighted by Gasteiger charge is -2.08. The van der Waals surface area contributed by atoms with Crippen LogP contribution in [-0.4, -0.2) is 30.4 Å². The summed E-state index contributed by atoms with van der Waals surface area (Å²) in [6, 6.07) is 10.5. The summed E-state index contributed by atoms with van der Waals surface area (Å²) < 4.78 is 10.2. The number of carbonyl (C=O) groups is 1. The standard InChI is InChI=1S/C14H19O3S/c1-2-9-16-14(15)17-12-8-10-18(11-12)13-6-4-3-5-7-13/h3-7,12H,2,8-11H2,1H3/q+1. The molecule has 0 aromatic heterocycles. The van der Waals surface area contributed by atoms with E-state index in [4.69, 9.17) is 9.47 Å². The van der Waals surface area contributed by atoms with Crippen molar-refractivity contribution in [1.29, 1.82) is 0 Å². The van der Waals surface area contributed by atoms with Crippen molar-refractivity contribution < 1.29 is 14.3 Å². The van der Waals surface area contributed by atoms with Crippen molar-refractivity contribution in [2.45, 2.75) is 30.8 Å². The molecule has 1 aromatic carbocycles. The predicted octanol–water partition coefficient (Wildman–Crippen LogP) is 3.00. The van der Waals surface area contributed by atoms with Gasteiger partial charge in [0.25, 0.3) is 0 Å². The number of hydrogen-bond donors (Lipinski definition) is 0. The molecule has 1 heterocycles. The fourth-order valence-corrected chi connectivity index (χ4v) is 4.31. The first-order valence-corrected chi connectivity index (χ1v) is 7.92. The van der Waals surface area contributed by atoms with Gasteiger partial charge in [-0.05, 0) is 18.6 Å². The van der Waals surface area contributed by atoms with Crippen molar-refractivity contribution in [3.63, 3.8) is 0 Å². The summed E-state index contributed by atoms with van der Waals surface area (Å²) in [5, 5.41) is 0. The second kappa shape index (κ2) is 6.69. The van der Waals surface area contributed by atoms with Gasteiger partial charge in [0, 0.05) is 17.3 Å². The summed E-state index contributed by atoms with van der Waals surface area (Å²) in [6.45, 7) is 2.41. The Bertz CT molecular complexity index is 380. The van der Waals surface area contributed by atoms with Crippen molar-refractivity contribution in [1.82, 2.24) is 0 Å². The molecule has 0 radical (unpaired) electrons. The van der Waals surface area contributed by atoms with Gasteiger partial charge in [-0.15, -0.1) is 0 Å². The Morgan fingerprint density at radius 1 is 1.39 bits per heavy atom. The van der Waals surface area contributed by atoms with E-state index in [1.807, 2.05) is 13.0 Å². The fraction of sp³-hybridized carbons (Fsp3) is 0.500. The van der Waals surface area contributed by atoms with E-state index in [-0.39, 0.29) is 17.0 Å². The van der Waals surface area contributed by atoms with Crippen molar-refractivity contribution in [2.75, 3.05) is 18.1 Å². The van der Waals surface area contributed by atoms with Crippen molar-refractivity contribution in [2.24, 2.45) is 0 Å². The lowest BCUT2D eigenvalue weighted by molar-refractivity contribution is 0.0315. The van der Waals surface area contributed by atoms with Crippen LogP contribution in [0.2, 0.25) is 0 Å². The average molecular weight is 267 g/mol. The van der Waals surface area contributed by atoms with E-state index >= 15 is 0 Å². The summed E-state index contributed by atoms with van der Waals surface area (Å²) in [6.07, 6.45) is 1.28. The van der Waals surface area contributed by atoms with Gasteiger partial charge in [-0.3, -0.25) is 0 Å². The molecular weight excluding hydrogens is 248 g/mol. The van der Waals surface area contributed by atoms with Gasteiger partial charge in [0.15, 0.2) is 16.8 Å². The van der Waals surface area contributed by atoms with Crippen molar-refractivity contribution >= 4 is 17.1 Å². The van der Waals surface area contributed by atoms with Crippen molar-refractivity contribution in [3.8, 4) is 0 Å². The van der Waals surface area contributed by atoms with E-state index in [1.54, 1.807) is 0 Å². The van der Waals surface area contributed by atoms with Crippen LogP contribution in [0.1, 0.15) is 19.8 Å². The van der Waals surface area contributed by atoms with Crippen LogP contribution in [0.5, 0.6) is 0 Å². The molecule has 1 aliphatic rings. The lowest BCUT2D eigenvalue weighted by atomic mass is 10.3. The number of carbonyl (C=O) groups excluding carboxylic acids is 1. The van der Waals surface area contributed by atoms with E-state index in [0.717, 1.165) is 24.3 Å². The van der Waals surface area contributed by atoms with E-state index < -0.39 is 6.16 Å². The van der Waals surface area contributed by atoms with E-state index in [0.29, 0.717) is 6.61 Å². The molecule has 1 aliphatic heterocycles. The largest absolute Gasteiger partial charge is 0.508 e. The minimum absolute atomic E-state index is 0.0258. The Morgan fingerprint density at radius 2 is 2.17 bits per heavy atom. The normalized spacial score (nSPS) is 22.7. The van der Waals surface area contributed by atoms with Gasteiger partial charge in [0.2, 0.25) is 0 Å². The monoisotopic (exact) mass is 267 g/mol. The van der Waals surface area contributed by atoms with Crippen LogP contribution in [0.4, 0.5) is 4.79 Å². The molecule has 0 spiro atoms. The number of rotatable bonds is 4. The summed E-state index contributed by atoms with van der Waals surface area (Å²) in [5.41, 5.74) is 0. The Hall–Kier alpha value is -1.16. The smallest absolute Gasteiger partial charge is 0.434 e. The predicted molar refractivity (Wildman–Crippen MR) is 72.9 cm³/mol. The Kier molecular flexibility index (Phi) is 4.93. The first-order chi connectivity index (χ1) is 8.79. The second-order valence-corrected chi connectivity index (χ2v) is 6.50. The molecule has 98 valence electrons. The highest BCUT2D eigenvalue weighted by molar-refractivity contribution is 7.97. The SMILES string of the molecule is CCCOC(=O)OC1CC[S+](c2ccccc2)C1. The quantitative estimate of drug-likeness (QED) is 0.621. The van der Waals surface area contributed by atoms with Gasteiger partial charge in [-0.1, -0.05) is 25.1 Å².